The summed E-state index contributed by atoms with van der Waals surface area (Å²) < 4.78 is 4.73. The fourth-order valence-corrected chi connectivity index (χ4v) is 1.21. The van der Waals surface area contributed by atoms with Gasteiger partial charge in [0.15, 0.2) is 6.10 Å². The molecule has 8 heteroatoms. The Morgan fingerprint density at radius 2 is 1.89 bits per heavy atom. The third-order valence-electron chi connectivity index (χ3n) is 2.22. The molecular weight excluding hydrogens is 256 g/mol. The highest BCUT2D eigenvalue weighted by Crippen LogP contribution is 2.00. The second-order valence-electron chi connectivity index (χ2n) is 4.07. The van der Waals surface area contributed by atoms with Crippen molar-refractivity contribution in [3.05, 3.63) is 0 Å². The van der Waals surface area contributed by atoms with Crippen LogP contribution in [-0.4, -0.2) is 64.9 Å². The zero-order chi connectivity index (χ0) is 15.0. The van der Waals surface area contributed by atoms with Crippen LogP contribution in [0.1, 0.15) is 20.8 Å². The number of aliphatic hydroxyl groups excluding tert-OH is 1. The van der Waals surface area contributed by atoms with E-state index < -0.39 is 30.6 Å². The molecule has 1 atom stereocenters. The third-order valence-corrected chi connectivity index (χ3v) is 2.22. The fourth-order valence-electron chi connectivity index (χ4n) is 1.21. The largest absolute Gasteiger partial charge is 0.479 e. The van der Waals surface area contributed by atoms with Crippen LogP contribution in [0.15, 0.2) is 0 Å². The van der Waals surface area contributed by atoms with Crippen LogP contribution in [0, 0.1) is 0 Å². The van der Waals surface area contributed by atoms with Gasteiger partial charge < -0.3 is 25.2 Å². The summed E-state index contributed by atoms with van der Waals surface area (Å²) in [7, 11) is 0. The van der Waals surface area contributed by atoms with Gasteiger partial charge in [0.1, 0.15) is 6.54 Å². The van der Waals surface area contributed by atoms with Crippen LogP contribution in [0.5, 0.6) is 0 Å². The fraction of sp³-hybridized carbons (Fsp3) is 0.727. The molecule has 8 nitrogen and oxygen atoms in total. The molecule has 0 rings (SSSR count). The molecule has 0 saturated carbocycles. The zero-order valence-corrected chi connectivity index (χ0v) is 11.3. The Morgan fingerprint density at radius 1 is 1.32 bits per heavy atom. The van der Waals surface area contributed by atoms with E-state index in [1.807, 2.05) is 0 Å². The van der Waals surface area contributed by atoms with Gasteiger partial charge in [0, 0.05) is 6.04 Å². The molecule has 0 aliphatic carbocycles. The summed E-state index contributed by atoms with van der Waals surface area (Å²) >= 11 is 0. The number of aliphatic carboxylic acids is 1. The van der Waals surface area contributed by atoms with E-state index in [4.69, 9.17) is 14.9 Å². The molecule has 0 bridgehead atoms. The van der Waals surface area contributed by atoms with Crippen LogP contribution < -0.4 is 5.32 Å². The predicted octanol–water partition coefficient (Wildman–Crippen LogP) is -0.585. The number of carbonyl (C=O) groups excluding carboxylic acids is 2. The first kappa shape index (κ1) is 17.2. The van der Waals surface area contributed by atoms with Gasteiger partial charge in [0.05, 0.1) is 13.2 Å². The first-order valence-corrected chi connectivity index (χ1v) is 5.90. The minimum atomic E-state index is -1.68. The molecule has 1 unspecified atom stereocenters. The molecule has 0 aliphatic rings. The number of hydrogen-bond donors (Lipinski definition) is 3. The lowest BCUT2D eigenvalue weighted by Crippen LogP contribution is -2.49. The Morgan fingerprint density at radius 3 is 2.32 bits per heavy atom. The summed E-state index contributed by atoms with van der Waals surface area (Å²) in [5.41, 5.74) is 0. The smallest absolute Gasteiger partial charge is 0.334 e. The van der Waals surface area contributed by atoms with Gasteiger partial charge in [0.25, 0.3) is 0 Å². The highest BCUT2D eigenvalue weighted by molar-refractivity contribution is 5.81. The van der Waals surface area contributed by atoms with Gasteiger partial charge in [-0.2, -0.15) is 0 Å². The molecule has 110 valence electrons. The average Bonchev–Trinajstić information content (AvgIpc) is 2.32. The maximum Gasteiger partial charge on any atom is 0.334 e. The molecule has 0 fully saturated rings. The lowest BCUT2D eigenvalue weighted by Gasteiger charge is -2.26. The van der Waals surface area contributed by atoms with Crippen LogP contribution in [0.25, 0.3) is 0 Å². The number of ether oxygens (including phenoxy) is 1. The van der Waals surface area contributed by atoms with Crippen molar-refractivity contribution < 1.29 is 29.3 Å². The van der Waals surface area contributed by atoms with Gasteiger partial charge in [-0.3, -0.25) is 4.79 Å². The standard InChI is InChI=1S/C11H20N2O6/c1-4-19-9(15)6-13(7(2)3)11(18)12-5-8(14)10(16)17/h7-8,14H,4-6H2,1-3H3,(H,12,18)(H,16,17). The molecule has 19 heavy (non-hydrogen) atoms. The molecule has 0 heterocycles. The van der Waals surface area contributed by atoms with Gasteiger partial charge in [-0.05, 0) is 20.8 Å². The predicted molar refractivity (Wildman–Crippen MR) is 65.5 cm³/mol. The topological polar surface area (TPSA) is 116 Å². The van der Waals surface area contributed by atoms with Crippen LogP contribution in [0.3, 0.4) is 0 Å². The van der Waals surface area contributed by atoms with Crippen LogP contribution >= 0.6 is 0 Å². The second-order valence-corrected chi connectivity index (χ2v) is 4.07. The third kappa shape index (κ3) is 6.61. The van der Waals surface area contributed by atoms with E-state index in [2.05, 4.69) is 5.32 Å². The van der Waals surface area contributed by atoms with Gasteiger partial charge in [-0.15, -0.1) is 0 Å². The molecule has 0 saturated heterocycles. The minimum Gasteiger partial charge on any atom is -0.479 e. The number of amides is 2. The number of nitrogens with one attached hydrogen (secondary N) is 1. The highest BCUT2D eigenvalue weighted by Gasteiger charge is 2.22. The SMILES string of the molecule is CCOC(=O)CN(C(=O)NCC(O)C(=O)O)C(C)C. The van der Waals surface area contributed by atoms with Crippen molar-refractivity contribution in [1.82, 2.24) is 10.2 Å². The summed E-state index contributed by atoms with van der Waals surface area (Å²) in [6.45, 7) is 4.60. The lowest BCUT2D eigenvalue weighted by atomic mass is 10.3. The van der Waals surface area contributed by atoms with Crippen molar-refractivity contribution in [2.75, 3.05) is 19.7 Å². The Kier molecular flexibility index (Phi) is 7.50. The van der Waals surface area contributed by atoms with Crippen molar-refractivity contribution in [1.29, 1.82) is 0 Å². The molecule has 0 radical (unpaired) electrons. The maximum absolute atomic E-state index is 11.8. The summed E-state index contributed by atoms with van der Waals surface area (Å²) in [5.74, 6) is -1.98. The van der Waals surface area contributed by atoms with E-state index >= 15 is 0 Å². The zero-order valence-electron chi connectivity index (χ0n) is 11.3. The average molecular weight is 276 g/mol. The summed E-state index contributed by atoms with van der Waals surface area (Å²) in [5, 5.41) is 19.7. The van der Waals surface area contributed by atoms with Crippen molar-refractivity contribution in [3.63, 3.8) is 0 Å². The van der Waals surface area contributed by atoms with E-state index in [9.17, 15) is 14.4 Å². The summed E-state index contributed by atoms with van der Waals surface area (Å²) in [6.07, 6.45) is -1.68. The van der Waals surface area contributed by atoms with Crippen LogP contribution in [0.2, 0.25) is 0 Å². The van der Waals surface area contributed by atoms with Crippen LogP contribution in [-0.2, 0) is 14.3 Å². The molecule has 3 N–H and O–H groups in total. The minimum absolute atomic E-state index is 0.212. The summed E-state index contributed by atoms with van der Waals surface area (Å²) in [4.78, 5) is 34.7. The van der Waals surface area contributed by atoms with Crippen molar-refractivity contribution in [2.24, 2.45) is 0 Å². The Labute approximate surface area is 111 Å². The first-order chi connectivity index (χ1) is 8.79. The highest BCUT2D eigenvalue weighted by atomic mass is 16.5. The number of carbonyl (C=O) groups is 3. The maximum atomic E-state index is 11.8. The summed E-state index contributed by atoms with van der Waals surface area (Å²) in [6, 6.07) is -0.908. The second kappa shape index (κ2) is 8.30. The van der Waals surface area contributed by atoms with Gasteiger partial charge in [-0.25, -0.2) is 9.59 Å². The number of aliphatic hydroxyl groups is 1. The Balaban J connectivity index is 4.42. The van der Waals surface area contributed by atoms with Crippen molar-refractivity contribution >= 4 is 18.0 Å². The van der Waals surface area contributed by atoms with E-state index in [0.29, 0.717) is 0 Å². The quantitative estimate of drug-likeness (QED) is 0.535. The van der Waals surface area contributed by atoms with E-state index in [-0.39, 0.29) is 19.2 Å². The normalized spacial score (nSPS) is 11.8. The Hall–Kier alpha value is -1.83. The molecule has 0 aromatic rings. The number of carboxylic acid groups (broad SMARTS) is 1. The van der Waals surface area contributed by atoms with E-state index in [0.717, 1.165) is 0 Å². The van der Waals surface area contributed by atoms with Gasteiger partial charge in [0.2, 0.25) is 0 Å². The molecule has 0 aliphatic heterocycles. The first-order valence-electron chi connectivity index (χ1n) is 5.90. The van der Waals surface area contributed by atoms with E-state index in [1.165, 1.54) is 4.90 Å². The van der Waals surface area contributed by atoms with Crippen molar-refractivity contribution in [2.45, 2.75) is 32.9 Å². The Bertz CT molecular complexity index is 331. The van der Waals surface area contributed by atoms with Gasteiger partial charge >= 0.3 is 18.0 Å². The number of nitrogens with zero attached hydrogens (tertiary/aromatic N) is 1. The molecular formula is C11H20N2O6. The van der Waals surface area contributed by atoms with Crippen LogP contribution in [0.4, 0.5) is 4.79 Å². The monoisotopic (exact) mass is 276 g/mol. The van der Waals surface area contributed by atoms with Crippen molar-refractivity contribution in [3.8, 4) is 0 Å². The number of rotatable bonds is 7. The number of carboxylic acids is 1. The van der Waals surface area contributed by atoms with E-state index in [1.54, 1.807) is 20.8 Å². The number of esters is 1. The number of urea groups is 1. The number of hydrogen-bond acceptors (Lipinski definition) is 5. The molecule has 0 aromatic heterocycles. The molecule has 2 amide bonds. The molecule has 0 spiro atoms. The molecule has 0 aromatic carbocycles. The lowest BCUT2D eigenvalue weighted by molar-refractivity contribution is -0.146. The van der Waals surface area contributed by atoms with Gasteiger partial charge in [-0.1, -0.05) is 0 Å².